The highest BCUT2D eigenvalue weighted by Gasteiger charge is 2.26. The van der Waals surface area contributed by atoms with Crippen molar-refractivity contribution >= 4 is 17.6 Å². The smallest absolute Gasteiger partial charge is 0.241 e. The predicted octanol–water partition coefficient (Wildman–Crippen LogP) is 2.68. The third-order valence-electron chi connectivity index (χ3n) is 3.02. The predicted molar refractivity (Wildman–Crippen MR) is 64.8 cm³/mol. The molecule has 0 N–H and O–H groups in total. The molecule has 1 aliphatic rings. The molecule has 1 saturated heterocycles. The van der Waals surface area contributed by atoms with Crippen molar-refractivity contribution in [3.8, 4) is 0 Å². The van der Waals surface area contributed by atoms with E-state index in [9.17, 15) is 8.78 Å². The number of anilines is 1. The Labute approximate surface area is 104 Å². The fourth-order valence-corrected chi connectivity index (χ4v) is 2.34. The van der Waals surface area contributed by atoms with Crippen molar-refractivity contribution in [2.45, 2.75) is 24.4 Å². The van der Waals surface area contributed by atoms with Gasteiger partial charge in [0.1, 0.15) is 5.82 Å². The Morgan fingerprint density at radius 3 is 2.71 bits per heavy atom. The number of thioether (sulfide) groups is 1. The van der Waals surface area contributed by atoms with Crippen LogP contribution in [-0.4, -0.2) is 35.7 Å². The third kappa shape index (κ3) is 3.06. The van der Waals surface area contributed by atoms with Gasteiger partial charge in [0.2, 0.25) is 6.43 Å². The Kier molecular flexibility index (Phi) is 4.15. The fourth-order valence-electron chi connectivity index (χ4n) is 1.99. The van der Waals surface area contributed by atoms with Crippen molar-refractivity contribution in [3.63, 3.8) is 0 Å². The summed E-state index contributed by atoms with van der Waals surface area (Å²) in [5, 5.41) is 0.721. The summed E-state index contributed by atoms with van der Waals surface area (Å²) in [6.07, 6.45) is 2.52. The fraction of sp³-hybridized carbons (Fsp3) is 0.636. The minimum atomic E-state index is -2.19. The van der Waals surface area contributed by atoms with Crippen LogP contribution in [0.2, 0.25) is 0 Å². The quantitative estimate of drug-likeness (QED) is 0.616. The Bertz CT molecular complexity index is 367. The molecule has 0 atom stereocenters. The molecule has 0 aromatic carbocycles. The second-order valence-corrected chi connectivity index (χ2v) is 4.83. The summed E-state index contributed by atoms with van der Waals surface area (Å²) < 4.78 is 25.0. The molecule has 0 amide bonds. The summed E-state index contributed by atoms with van der Waals surface area (Å²) in [7, 11) is 0. The number of alkyl halides is 2. The first-order chi connectivity index (χ1) is 8.20. The van der Waals surface area contributed by atoms with E-state index in [0.717, 1.165) is 11.0 Å². The first-order valence-corrected chi connectivity index (χ1v) is 6.83. The SMILES string of the molecule is CSc1nccc(N2CCC(C(F)F)CC2)n1. The Morgan fingerprint density at radius 2 is 2.12 bits per heavy atom. The van der Waals surface area contributed by atoms with Crippen molar-refractivity contribution in [1.29, 1.82) is 0 Å². The summed E-state index contributed by atoms with van der Waals surface area (Å²) in [5.41, 5.74) is 0. The summed E-state index contributed by atoms with van der Waals surface area (Å²) >= 11 is 1.48. The largest absolute Gasteiger partial charge is 0.356 e. The summed E-state index contributed by atoms with van der Waals surface area (Å²) in [4.78, 5) is 10.5. The number of hydrogen-bond donors (Lipinski definition) is 0. The van der Waals surface area contributed by atoms with E-state index in [1.165, 1.54) is 11.8 Å². The van der Waals surface area contributed by atoms with Crippen molar-refractivity contribution in [2.75, 3.05) is 24.2 Å². The maximum absolute atomic E-state index is 12.5. The van der Waals surface area contributed by atoms with Crippen molar-refractivity contribution in [2.24, 2.45) is 5.92 Å². The van der Waals surface area contributed by atoms with Gasteiger partial charge < -0.3 is 4.90 Å². The molecule has 0 spiro atoms. The molecule has 1 aromatic heterocycles. The van der Waals surface area contributed by atoms with Gasteiger partial charge in [-0.05, 0) is 25.2 Å². The minimum absolute atomic E-state index is 0.451. The van der Waals surface area contributed by atoms with Crippen LogP contribution in [0.3, 0.4) is 0 Å². The molecule has 2 rings (SSSR count). The first-order valence-electron chi connectivity index (χ1n) is 5.61. The minimum Gasteiger partial charge on any atom is -0.356 e. The molecular weight excluding hydrogens is 244 g/mol. The second kappa shape index (κ2) is 5.62. The first kappa shape index (κ1) is 12.5. The maximum Gasteiger partial charge on any atom is 0.241 e. The van der Waals surface area contributed by atoms with Crippen molar-refractivity contribution < 1.29 is 8.78 Å². The van der Waals surface area contributed by atoms with E-state index in [0.29, 0.717) is 25.9 Å². The molecular formula is C11H15F2N3S. The van der Waals surface area contributed by atoms with Gasteiger partial charge in [-0.3, -0.25) is 0 Å². The molecule has 0 unspecified atom stereocenters. The Morgan fingerprint density at radius 1 is 1.41 bits per heavy atom. The van der Waals surface area contributed by atoms with Crippen LogP contribution in [0.1, 0.15) is 12.8 Å². The standard InChI is InChI=1S/C11H15F2N3S/c1-17-11-14-5-2-9(15-11)16-6-3-8(4-7-16)10(12)13/h2,5,8,10H,3-4,6-7H2,1H3. The number of halogens is 2. The lowest BCUT2D eigenvalue weighted by Gasteiger charge is -2.32. The van der Waals surface area contributed by atoms with Gasteiger partial charge in [-0.25, -0.2) is 18.7 Å². The van der Waals surface area contributed by atoms with Gasteiger partial charge in [0.25, 0.3) is 0 Å². The van der Waals surface area contributed by atoms with Crippen LogP contribution >= 0.6 is 11.8 Å². The summed E-state index contributed by atoms with van der Waals surface area (Å²) in [6.45, 7) is 1.31. The maximum atomic E-state index is 12.5. The molecule has 1 aromatic rings. The highest BCUT2D eigenvalue weighted by molar-refractivity contribution is 7.98. The van der Waals surface area contributed by atoms with E-state index >= 15 is 0 Å². The zero-order valence-corrected chi connectivity index (χ0v) is 10.5. The lowest BCUT2D eigenvalue weighted by atomic mass is 9.97. The van der Waals surface area contributed by atoms with E-state index in [4.69, 9.17) is 0 Å². The van der Waals surface area contributed by atoms with Gasteiger partial charge in [0.15, 0.2) is 5.16 Å². The molecule has 94 valence electrons. The monoisotopic (exact) mass is 259 g/mol. The van der Waals surface area contributed by atoms with Crippen LogP contribution in [0.15, 0.2) is 17.4 Å². The molecule has 0 radical (unpaired) electrons. The second-order valence-electron chi connectivity index (χ2n) is 4.06. The molecule has 0 saturated carbocycles. The summed E-state index contributed by atoms with van der Waals surface area (Å²) in [5.74, 6) is 0.394. The zero-order valence-electron chi connectivity index (χ0n) is 9.64. The molecule has 0 aliphatic carbocycles. The molecule has 3 nitrogen and oxygen atoms in total. The molecule has 0 bridgehead atoms. The van der Waals surface area contributed by atoms with Crippen molar-refractivity contribution in [3.05, 3.63) is 12.3 Å². The molecule has 1 fully saturated rings. The van der Waals surface area contributed by atoms with E-state index in [1.807, 2.05) is 12.3 Å². The van der Waals surface area contributed by atoms with Crippen LogP contribution in [-0.2, 0) is 0 Å². The topological polar surface area (TPSA) is 29.0 Å². The number of piperidine rings is 1. The molecule has 1 aliphatic heterocycles. The normalized spacial score (nSPS) is 17.8. The number of hydrogen-bond acceptors (Lipinski definition) is 4. The lowest BCUT2D eigenvalue weighted by molar-refractivity contribution is 0.0635. The van der Waals surface area contributed by atoms with Crippen LogP contribution in [0, 0.1) is 5.92 Å². The van der Waals surface area contributed by atoms with E-state index in [-0.39, 0.29) is 0 Å². The van der Waals surface area contributed by atoms with E-state index in [1.54, 1.807) is 6.20 Å². The van der Waals surface area contributed by atoms with Gasteiger partial charge in [-0.2, -0.15) is 0 Å². The van der Waals surface area contributed by atoms with Gasteiger partial charge in [-0.15, -0.1) is 0 Å². The van der Waals surface area contributed by atoms with Crippen LogP contribution in [0.5, 0.6) is 0 Å². The van der Waals surface area contributed by atoms with Gasteiger partial charge in [-0.1, -0.05) is 11.8 Å². The number of aromatic nitrogens is 2. The number of nitrogens with zero attached hydrogens (tertiary/aromatic N) is 3. The number of rotatable bonds is 3. The molecule has 17 heavy (non-hydrogen) atoms. The van der Waals surface area contributed by atoms with Crippen LogP contribution in [0.25, 0.3) is 0 Å². The average molecular weight is 259 g/mol. The van der Waals surface area contributed by atoms with Gasteiger partial charge in [0, 0.05) is 25.2 Å². The average Bonchev–Trinajstić information content (AvgIpc) is 2.39. The summed E-state index contributed by atoms with van der Waals surface area (Å²) in [6, 6.07) is 1.84. The van der Waals surface area contributed by atoms with Gasteiger partial charge in [0.05, 0.1) is 0 Å². The third-order valence-corrected chi connectivity index (χ3v) is 3.58. The van der Waals surface area contributed by atoms with Crippen molar-refractivity contribution in [1.82, 2.24) is 9.97 Å². The lowest BCUT2D eigenvalue weighted by Crippen LogP contribution is -2.36. The van der Waals surface area contributed by atoms with E-state index in [2.05, 4.69) is 14.9 Å². The molecule has 2 heterocycles. The highest BCUT2D eigenvalue weighted by atomic mass is 32.2. The van der Waals surface area contributed by atoms with E-state index < -0.39 is 12.3 Å². The molecule has 6 heteroatoms. The Hall–Kier alpha value is -0.910. The highest BCUT2D eigenvalue weighted by Crippen LogP contribution is 2.26. The zero-order chi connectivity index (χ0) is 12.3. The Balaban J connectivity index is 2.00. The van der Waals surface area contributed by atoms with Crippen LogP contribution in [0.4, 0.5) is 14.6 Å². The van der Waals surface area contributed by atoms with Crippen LogP contribution < -0.4 is 4.90 Å². The van der Waals surface area contributed by atoms with Gasteiger partial charge >= 0.3 is 0 Å².